The molecule has 0 unspecified atom stereocenters. The smallest absolute Gasteiger partial charge is 0.176 e. The first-order valence-electron chi connectivity index (χ1n) is 2.93. The molecule has 47 valence electrons. The molecular formula is C7H9N2. The Morgan fingerprint density at radius 3 is 3.22 bits per heavy atom. The standard InChI is InChI=1S/C7H9N2/c1-2-3-5-9-6-4-8-7-9/h2-4,6H,5H2,1H3. The Bertz CT molecular complexity index is 175. The summed E-state index contributed by atoms with van der Waals surface area (Å²) < 4.78 is 1.89. The topological polar surface area (TPSA) is 17.8 Å². The highest BCUT2D eigenvalue weighted by molar-refractivity contribution is 4.81. The van der Waals surface area contributed by atoms with E-state index >= 15 is 0 Å². The van der Waals surface area contributed by atoms with Crippen LogP contribution in [0.25, 0.3) is 0 Å². The van der Waals surface area contributed by atoms with Crippen molar-refractivity contribution in [1.82, 2.24) is 9.55 Å². The van der Waals surface area contributed by atoms with Gasteiger partial charge in [0.1, 0.15) is 0 Å². The zero-order chi connectivity index (χ0) is 6.53. The molecule has 0 aliphatic heterocycles. The largest absolute Gasteiger partial charge is 0.325 e. The van der Waals surface area contributed by atoms with E-state index in [0.717, 1.165) is 6.54 Å². The van der Waals surface area contributed by atoms with Gasteiger partial charge in [0.05, 0.1) is 0 Å². The van der Waals surface area contributed by atoms with Gasteiger partial charge in [0, 0.05) is 18.9 Å². The van der Waals surface area contributed by atoms with Crippen molar-refractivity contribution in [2.75, 3.05) is 0 Å². The van der Waals surface area contributed by atoms with Crippen LogP contribution < -0.4 is 0 Å². The lowest BCUT2D eigenvalue weighted by Crippen LogP contribution is -1.89. The lowest BCUT2D eigenvalue weighted by Gasteiger charge is -1.90. The van der Waals surface area contributed by atoms with E-state index in [4.69, 9.17) is 0 Å². The van der Waals surface area contributed by atoms with Crippen LogP contribution in [0.2, 0.25) is 0 Å². The molecule has 0 saturated heterocycles. The lowest BCUT2D eigenvalue weighted by molar-refractivity contribution is 0.811. The Labute approximate surface area is 54.8 Å². The maximum atomic E-state index is 3.78. The van der Waals surface area contributed by atoms with Crippen molar-refractivity contribution >= 4 is 0 Å². The van der Waals surface area contributed by atoms with Crippen LogP contribution in [0, 0.1) is 6.33 Å². The fraction of sp³-hybridized carbons (Fsp3) is 0.286. The number of aromatic nitrogens is 2. The summed E-state index contributed by atoms with van der Waals surface area (Å²) in [5, 5.41) is 0. The summed E-state index contributed by atoms with van der Waals surface area (Å²) >= 11 is 0. The van der Waals surface area contributed by atoms with Gasteiger partial charge in [-0.25, -0.2) is 4.98 Å². The molecule has 2 heteroatoms. The van der Waals surface area contributed by atoms with Crippen molar-refractivity contribution in [3.63, 3.8) is 0 Å². The highest BCUT2D eigenvalue weighted by Crippen LogP contribution is 1.84. The number of hydrogen-bond acceptors (Lipinski definition) is 1. The molecule has 0 amide bonds. The minimum absolute atomic E-state index is 0.872. The summed E-state index contributed by atoms with van der Waals surface area (Å²) in [6, 6.07) is 0. The summed E-state index contributed by atoms with van der Waals surface area (Å²) in [5.74, 6) is 0. The highest BCUT2D eigenvalue weighted by Gasteiger charge is 1.81. The van der Waals surface area contributed by atoms with Crippen LogP contribution in [0.3, 0.4) is 0 Å². The third-order valence-electron chi connectivity index (χ3n) is 1.05. The second-order valence-electron chi connectivity index (χ2n) is 1.75. The average Bonchev–Trinajstić information content (AvgIpc) is 2.34. The van der Waals surface area contributed by atoms with E-state index in [-0.39, 0.29) is 0 Å². The van der Waals surface area contributed by atoms with Crippen LogP contribution in [0.15, 0.2) is 24.5 Å². The van der Waals surface area contributed by atoms with Crippen molar-refractivity contribution in [3.05, 3.63) is 30.9 Å². The molecule has 1 aromatic heterocycles. The summed E-state index contributed by atoms with van der Waals surface area (Å²) in [7, 11) is 0. The van der Waals surface area contributed by atoms with Gasteiger partial charge in [-0.15, -0.1) is 0 Å². The molecule has 0 saturated carbocycles. The minimum Gasteiger partial charge on any atom is -0.325 e. The maximum absolute atomic E-state index is 3.78. The second-order valence-corrected chi connectivity index (χ2v) is 1.75. The van der Waals surface area contributed by atoms with E-state index in [1.54, 1.807) is 6.20 Å². The van der Waals surface area contributed by atoms with Crippen LogP contribution >= 0.6 is 0 Å². The summed E-state index contributed by atoms with van der Waals surface area (Å²) in [6.07, 6.45) is 10.5. The van der Waals surface area contributed by atoms with E-state index in [0.29, 0.717) is 0 Å². The van der Waals surface area contributed by atoms with Gasteiger partial charge >= 0.3 is 0 Å². The summed E-state index contributed by atoms with van der Waals surface area (Å²) in [5.41, 5.74) is 0. The van der Waals surface area contributed by atoms with Gasteiger partial charge in [-0.3, -0.25) is 0 Å². The fourth-order valence-corrected chi connectivity index (χ4v) is 0.575. The van der Waals surface area contributed by atoms with Gasteiger partial charge in [-0.05, 0) is 6.92 Å². The number of rotatable bonds is 2. The Morgan fingerprint density at radius 1 is 1.78 bits per heavy atom. The van der Waals surface area contributed by atoms with Crippen LogP contribution in [-0.2, 0) is 6.54 Å². The van der Waals surface area contributed by atoms with E-state index in [1.807, 2.05) is 23.8 Å². The van der Waals surface area contributed by atoms with Gasteiger partial charge in [-0.2, -0.15) is 0 Å². The van der Waals surface area contributed by atoms with Crippen LogP contribution in [0.1, 0.15) is 6.92 Å². The zero-order valence-corrected chi connectivity index (χ0v) is 5.41. The number of nitrogens with zero attached hydrogens (tertiary/aromatic N) is 2. The van der Waals surface area contributed by atoms with Crippen molar-refractivity contribution in [2.24, 2.45) is 0 Å². The Morgan fingerprint density at radius 2 is 2.67 bits per heavy atom. The van der Waals surface area contributed by atoms with Gasteiger partial charge in [0.25, 0.3) is 0 Å². The summed E-state index contributed by atoms with van der Waals surface area (Å²) in [4.78, 5) is 3.78. The van der Waals surface area contributed by atoms with Crippen molar-refractivity contribution in [1.29, 1.82) is 0 Å². The van der Waals surface area contributed by atoms with Gasteiger partial charge in [-0.1, -0.05) is 12.2 Å². The van der Waals surface area contributed by atoms with Crippen molar-refractivity contribution in [3.8, 4) is 0 Å². The molecule has 0 spiro atoms. The number of allylic oxidation sites excluding steroid dienone is 2. The molecule has 0 fully saturated rings. The van der Waals surface area contributed by atoms with E-state index in [1.165, 1.54) is 0 Å². The molecular weight excluding hydrogens is 112 g/mol. The first kappa shape index (κ1) is 6.08. The molecule has 0 bridgehead atoms. The quantitative estimate of drug-likeness (QED) is 0.538. The normalized spacial score (nSPS) is 10.8. The van der Waals surface area contributed by atoms with Crippen LogP contribution in [0.5, 0.6) is 0 Å². The Hall–Kier alpha value is -1.05. The maximum Gasteiger partial charge on any atom is 0.176 e. The van der Waals surface area contributed by atoms with E-state index in [2.05, 4.69) is 17.4 Å². The number of imidazole rings is 1. The third-order valence-corrected chi connectivity index (χ3v) is 1.05. The zero-order valence-electron chi connectivity index (χ0n) is 5.41. The molecule has 1 heterocycles. The molecule has 9 heavy (non-hydrogen) atoms. The molecule has 2 nitrogen and oxygen atoms in total. The van der Waals surface area contributed by atoms with Gasteiger partial charge in [0.2, 0.25) is 0 Å². The van der Waals surface area contributed by atoms with Crippen molar-refractivity contribution in [2.45, 2.75) is 13.5 Å². The number of hydrogen-bond donors (Lipinski definition) is 0. The second kappa shape index (κ2) is 3.07. The van der Waals surface area contributed by atoms with E-state index in [9.17, 15) is 0 Å². The molecule has 1 rings (SSSR count). The lowest BCUT2D eigenvalue weighted by atomic mass is 10.5. The predicted octanol–water partition coefficient (Wildman–Crippen LogP) is 1.26. The van der Waals surface area contributed by atoms with Gasteiger partial charge in [0.15, 0.2) is 6.33 Å². The van der Waals surface area contributed by atoms with E-state index < -0.39 is 0 Å². The van der Waals surface area contributed by atoms with Crippen molar-refractivity contribution < 1.29 is 0 Å². The van der Waals surface area contributed by atoms with Gasteiger partial charge < -0.3 is 4.57 Å². The Kier molecular flexibility index (Phi) is 2.07. The molecule has 0 N–H and O–H groups in total. The third kappa shape index (κ3) is 1.72. The molecule has 0 aliphatic rings. The monoisotopic (exact) mass is 121 g/mol. The molecule has 0 aromatic carbocycles. The molecule has 0 aliphatic carbocycles. The van der Waals surface area contributed by atoms with Crippen LogP contribution in [-0.4, -0.2) is 9.55 Å². The first-order valence-corrected chi connectivity index (χ1v) is 2.93. The summed E-state index contributed by atoms with van der Waals surface area (Å²) in [6.45, 7) is 2.87. The predicted molar refractivity (Wildman–Crippen MR) is 35.9 cm³/mol. The minimum atomic E-state index is 0.872. The first-order chi connectivity index (χ1) is 4.43. The average molecular weight is 121 g/mol. The molecule has 1 aromatic rings. The molecule has 1 radical (unpaired) electrons. The van der Waals surface area contributed by atoms with Crippen LogP contribution in [0.4, 0.5) is 0 Å². The highest BCUT2D eigenvalue weighted by atomic mass is 15.0. The SMILES string of the molecule is CC=CCn1[c]ncc1. The molecule has 0 atom stereocenters. The fourth-order valence-electron chi connectivity index (χ4n) is 0.575. The Balaban J connectivity index is 2.48.